The topological polar surface area (TPSA) is 30.9 Å². The summed E-state index contributed by atoms with van der Waals surface area (Å²) in [4.78, 5) is 5.23. The zero-order chi connectivity index (χ0) is 11.4. The molecule has 0 aliphatic rings. The maximum Gasteiger partial charge on any atom is 0.0706 e. The molecule has 92 valence electrons. The molecule has 0 heterocycles. The van der Waals surface area contributed by atoms with Gasteiger partial charge in [0.25, 0.3) is 0 Å². The SMILES string of the molecule is CCOCCCCOCCCON(C)C. The molecule has 4 nitrogen and oxygen atoms in total. The molecule has 0 atom stereocenters. The van der Waals surface area contributed by atoms with Crippen molar-refractivity contribution in [3.8, 4) is 0 Å². The van der Waals surface area contributed by atoms with Crippen LogP contribution in [0.1, 0.15) is 26.2 Å². The van der Waals surface area contributed by atoms with E-state index >= 15 is 0 Å². The second-order valence-electron chi connectivity index (χ2n) is 3.52. The Morgan fingerprint density at radius 3 is 2.00 bits per heavy atom. The van der Waals surface area contributed by atoms with Gasteiger partial charge in [-0.15, -0.1) is 0 Å². The van der Waals surface area contributed by atoms with E-state index in [2.05, 4.69) is 0 Å². The lowest BCUT2D eigenvalue weighted by molar-refractivity contribution is -0.123. The van der Waals surface area contributed by atoms with Gasteiger partial charge in [-0.05, 0) is 26.2 Å². The molecule has 0 amide bonds. The number of ether oxygens (including phenoxy) is 2. The highest BCUT2D eigenvalue weighted by Crippen LogP contribution is 1.93. The van der Waals surface area contributed by atoms with Gasteiger partial charge in [0.2, 0.25) is 0 Å². The molecule has 0 rings (SSSR count). The van der Waals surface area contributed by atoms with E-state index in [9.17, 15) is 0 Å². The first-order chi connectivity index (χ1) is 7.27. The molecule has 0 fully saturated rings. The summed E-state index contributed by atoms with van der Waals surface area (Å²) in [5.74, 6) is 0. The van der Waals surface area contributed by atoms with Crippen molar-refractivity contribution in [2.24, 2.45) is 0 Å². The van der Waals surface area contributed by atoms with Crippen molar-refractivity contribution >= 4 is 0 Å². The number of nitrogens with zero attached hydrogens (tertiary/aromatic N) is 1. The van der Waals surface area contributed by atoms with Crippen molar-refractivity contribution in [3.63, 3.8) is 0 Å². The molecular weight excluding hydrogens is 194 g/mol. The average molecular weight is 219 g/mol. The second-order valence-corrected chi connectivity index (χ2v) is 3.52. The lowest BCUT2D eigenvalue weighted by Gasteiger charge is -2.10. The van der Waals surface area contributed by atoms with Gasteiger partial charge in [0.05, 0.1) is 6.61 Å². The summed E-state index contributed by atoms with van der Waals surface area (Å²) in [6.07, 6.45) is 3.11. The Balaban J connectivity index is 2.87. The number of unbranched alkanes of at least 4 members (excludes halogenated alkanes) is 1. The van der Waals surface area contributed by atoms with E-state index in [1.165, 1.54) is 0 Å². The first-order valence-corrected chi connectivity index (χ1v) is 5.73. The monoisotopic (exact) mass is 219 g/mol. The minimum absolute atomic E-state index is 0.728. The van der Waals surface area contributed by atoms with Gasteiger partial charge in [0.15, 0.2) is 0 Å². The zero-order valence-corrected chi connectivity index (χ0v) is 10.3. The molecule has 0 unspecified atom stereocenters. The Morgan fingerprint density at radius 2 is 1.40 bits per heavy atom. The fourth-order valence-corrected chi connectivity index (χ4v) is 1.06. The first kappa shape index (κ1) is 14.8. The first-order valence-electron chi connectivity index (χ1n) is 5.73. The summed E-state index contributed by atoms with van der Waals surface area (Å²) >= 11 is 0. The number of rotatable bonds is 11. The summed E-state index contributed by atoms with van der Waals surface area (Å²) in [5.41, 5.74) is 0. The van der Waals surface area contributed by atoms with Crippen molar-refractivity contribution in [1.29, 1.82) is 0 Å². The predicted molar refractivity (Wildman–Crippen MR) is 60.8 cm³/mol. The lowest BCUT2D eigenvalue weighted by Crippen LogP contribution is -2.14. The summed E-state index contributed by atoms with van der Waals surface area (Å²) in [7, 11) is 3.77. The van der Waals surface area contributed by atoms with Crippen LogP contribution in [0.3, 0.4) is 0 Å². The lowest BCUT2D eigenvalue weighted by atomic mass is 10.3. The Morgan fingerprint density at radius 1 is 0.800 bits per heavy atom. The van der Waals surface area contributed by atoms with Crippen molar-refractivity contribution in [3.05, 3.63) is 0 Å². The molecule has 4 heteroatoms. The van der Waals surface area contributed by atoms with Gasteiger partial charge in [-0.2, -0.15) is 5.06 Å². The van der Waals surface area contributed by atoms with Gasteiger partial charge in [-0.3, -0.25) is 4.84 Å². The van der Waals surface area contributed by atoms with Crippen molar-refractivity contribution < 1.29 is 14.3 Å². The van der Waals surface area contributed by atoms with Crippen molar-refractivity contribution in [2.75, 3.05) is 47.1 Å². The van der Waals surface area contributed by atoms with E-state index in [1.807, 2.05) is 21.0 Å². The summed E-state index contributed by atoms with van der Waals surface area (Å²) in [5, 5.41) is 1.71. The van der Waals surface area contributed by atoms with E-state index in [-0.39, 0.29) is 0 Å². The predicted octanol–water partition coefficient (Wildman–Crippen LogP) is 1.70. The van der Waals surface area contributed by atoms with Crippen LogP contribution in [-0.4, -0.2) is 52.2 Å². The molecule has 0 radical (unpaired) electrons. The molecule has 0 spiro atoms. The molecule has 15 heavy (non-hydrogen) atoms. The van der Waals surface area contributed by atoms with E-state index in [0.29, 0.717) is 0 Å². The van der Waals surface area contributed by atoms with E-state index in [4.69, 9.17) is 14.3 Å². The van der Waals surface area contributed by atoms with Gasteiger partial charge in [-0.25, -0.2) is 0 Å². The zero-order valence-electron chi connectivity index (χ0n) is 10.3. The molecule has 0 saturated heterocycles. The molecular formula is C11H25NO3. The number of hydrogen-bond donors (Lipinski definition) is 0. The van der Waals surface area contributed by atoms with E-state index in [0.717, 1.165) is 52.3 Å². The molecule has 0 aliphatic carbocycles. The van der Waals surface area contributed by atoms with Gasteiger partial charge >= 0.3 is 0 Å². The van der Waals surface area contributed by atoms with Crippen LogP contribution in [-0.2, 0) is 14.3 Å². The van der Waals surface area contributed by atoms with Crippen LogP contribution in [0.5, 0.6) is 0 Å². The molecule has 0 N–H and O–H groups in total. The van der Waals surface area contributed by atoms with Gasteiger partial charge in [0, 0.05) is 40.5 Å². The normalized spacial score (nSPS) is 11.2. The third-order valence-corrected chi connectivity index (χ3v) is 1.81. The second kappa shape index (κ2) is 11.9. The smallest absolute Gasteiger partial charge is 0.0706 e. The summed E-state index contributed by atoms with van der Waals surface area (Å²) in [6, 6.07) is 0. The van der Waals surface area contributed by atoms with Crippen LogP contribution < -0.4 is 0 Å². The van der Waals surface area contributed by atoms with Crippen molar-refractivity contribution in [2.45, 2.75) is 26.2 Å². The summed E-state index contributed by atoms with van der Waals surface area (Å²) < 4.78 is 10.7. The van der Waals surface area contributed by atoms with Crippen LogP contribution in [0.25, 0.3) is 0 Å². The average Bonchev–Trinajstić information content (AvgIpc) is 2.20. The molecule has 0 bridgehead atoms. The molecule has 0 aromatic heterocycles. The minimum atomic E-state index is 0.728. The maximum absolute atomic E-state index is 5.44. The third kappa shape index (κ3) is 13.8. The molecule has 0 aromatic carbocycles. The van der Waals surface area contributed by atoms with Crippen LogP contribution in [0.2, 0.25) is 0 Å². The Hall–Kier alpha value is -0.160. The van der Waals surface area contributed by atoms with Crippen LogP contribution in [0.15, 0.2) is 0 Å². The van der Waals surface area contributed by atoms with Crippen LogP contribution >= 0.6 is 0 Å². The quantitative estimate of drug-likeness (QED) is 0.391. The number of hydroxylamine groups is 2. The Labute approximate surface area is 93.4 Å². The molecule has 0 aromatic rings. The Bertz CT molecular complexity index is 120. The fraction of sp³-hybridized carbons (Fsp3) is 1.00. The highest BCUT2D eigenvalue weighted by atomic mass is 16.7. The van der Waals surface area contributed by atoms with Crippen molar-refractivity contribution in [1.82, 2.24) is 5.06 Å². The minimum Gasteiger partial charge on any atom is -0.382 e. The largest absolute Gasteiger partial charge is 0.382 e. The Kier molecular flexibility index (Phi) is 11.8. The standard InChI is InChI=1S/C11H25NO3/c1-4-13-8-5-6-9-14-10-7-11-15-12(2)3/h4-11H2,1-3H3. The molecule has 0 saturated carbocycles. The van der Waals surface area contributed by atoms with Gasteiger partial charge < -0.3 is 9.47 Å². The molecule has 0 aliphatic heterocycles. The van der Waals surface area contributed by atoms with Crippen LogP contribution in [0.4, 0.5) is 0 Å². The maximum atomic E-state index is 5.44. The highest BCUT2D eigenvalue weighted by molar-refractivity contribution is 4.39. The fourth-order valence-electron chi connectivity index (χ4n) is 1.06. The van der Waals surface area contributed by atoms with E-state index in [1.54, 1.807) is 5.06 Å². The third-order valence-electron chi connectivity index (χ3n) is 1.81. The van der Waals surface area contributed by atoms with Gasteiger partial charge in [0.1, 0.15) is 0 Å². The highest BCUT2D eigenvalue weighted by Gasteiger charge is 1.92. The van der Waals surface area contributed by atoms with Crippen LogP contribution in [0, 0.1) is 0 Å². The van der Waals surface area contributed by atoms with Gasteiger partial charge in [-0.1, -0.05) is 0 Å². The number of hydrogen-bond acceptors (Lipinski definition) is 4. The summed E-state index contributed by atoms with van der Waals surface area (Å²) in [6.45, 7) is 6.01. The van der Waals surface area contributed by atoms with E-state index < -0.39 is 0 Å².